The lowest BCUT2D eigenvalue weighted by Gasteiger charge is -2.10. The third kappa shape index (κ3) is 2.69. The molecule has 0 spiro atoms. The molecule has 4 nitrogen and oxygen atoms in total. The van der Waals surface area contributed by atoms with Gasteiger partial charge in [-0.3, -0.25) is 9.59 Å². The van der Waals surface area contributed by atoms with Crippen molar-refractivity contribution >= 4 is 23.2 Å². The minimum atomic E-state index is -0.154. The van der Waals surface area contributed by atoms with Crippen LogP contribution in [0.25, 0.3) is 11.1 Å². The van der Waals surface area contributed by atoms with Crippen LogP contribution in [0.1, 0.15) is 12.8 Å². The SMILES string of the molecule is O=C1CCC(=O)Nc2ccc(cc2)-c2ccc(cc2)N1. The van der Waals surface area contributed by atoms with Crippen molar-refractivity contribution in [2.45, 2.75) is 12.8 Å². The van der Waals surface area contributed by atoms with Crippen LogP contribution in [0.15, 0.2) is 48.5 Å². The van der Waals surface area contributed by atoms with Crippen molar-refractivity contribution in [1.29, 1.82) is 0 Å². The number of rotatable bonds is 0. The van der Waals surface area contributed by atoms with Gasteiger partial charge in [0.2, 0.25) is 11.8 Å². The lowest BCUT2D eigenvalue weighted by atomic mass is 10.0. The molecule has 3 aliphatic rings. The Labute approximate surface area is 116 Å². The summed E-state index contributed by atoms with van der Waals surface area (Å²) in [5.41, 5.74) is 3.62. The van der Waals surface area contributed by atoms with Crippen LogP contribution >= 0.6 is 0 Å². The topological polar surface area (TPSA) is 58.2 Å². The molecule has 2 aromatic carbocycles. The highest BCUT2D eigenvalue weighted by Crippen LogP contribution is 2.23. The number of hydrogen-bond donors (Lipinski definition) is 2. The summed E-state index contributed by atoms with van der Waals surface area (Å²) in [5, 5.41) is 5.56. The van der Waals surface area contributed by atoms with Crippen LogP contribution in [0.4, 0.5) is 11.4 Å². The fourth-order valence-corrected chi connectivity index (χ4v) is 2.17. The highest BCUT2D eigenvalue weighted by molar-refractivity contribution is 5.97. The molecule has 0 aliphatic carbocycles. The second kappa shape index (κ2) is 5.17. The van der Waals surface area contributed by atoms with Crippen LogP contribution in [-0.2, 0) is 9.59 Å². The van der Waals surface area contributed by atoms with E-state index in [0.29, 0.717) is 0 Å². The van der Waals surface area contributed by atoms with E-state index >= 15 is 0 Å². The van der Waals surface area contributed by atoms with Crippen LogP contribution in [0.2, 0.25) is 0 Å². The van der Waals surface area contributed by atoms with Crippen molar-refractivity contribution < 1.29 is 9.59 Å². The van der Waals surface area contributed by atoms with Gasteiger partial charge in [0.05, 0.1) is 0 Å². The van der Waals surface area contributed by atoms with Gasteiger partial charge in [-0.15, -0.1) is 0 Å². The molecule has 0 aromatic heterocycles. The quantitative estimate of drug-likeness (QED) is 0.770. The van der Waals surface area contributed by atoms with E-state index in [9.17, 15) is 9.59 Å². The summed E-state index contributed by atoms with van der Waals surface area (Å²) in [4.78, 5) is 23.4. The summed E-state index contributed by atoms with van der Waals surface area (Å²) in [6, 6.07) is 15.3. The number of fused-ring (bicyclic) bond motifs is 2. The van der Waals surface area contributed by atoms with Crippen molar-refractivity contribution in [2.24, 2.45) is 0 Å². The summed E-state index contributed by atoms with van der Waals surface area (Å²) in [7, 11) is 0. The fraction of sp³-hybridized carbons (Fsp3) is 0.125. The van der Waals surface area contributed by atoms with E-state index < -0.39 is 0 Å². The first-order valence-electron chi connectivity index (χ1n) is 6.51. The van der Waals surface area contributed by atoms with Gasteiger partial charge in [0.1, 0.15) is 0 Å². The fourth-order valence-electron chi connectivity index (χ4n) is 2.17. The van der Waals surface area contributed by atoms with Crippen LogP contribution in [0.3, 0.4) is 0 Å². The Bertz CT molecular complexity index is 586. The molecule has 2 amide bonds. The molecular formula is C16H14N2O2. The van der Waals surface area contributed by atoms with Crippen LogP contribution in [-0.4, -0.2) is 11.8 Å². The highest BCUT2D eigenvalue weighted by Gasteiger charge is 2.09. The molecule has 2 aromatic rings. The zero-order valence-corrected chi connectivity index (χ0v) is 10.8. The number of carbonyl (C=O) groups excluding carboxylic acids is 2. The first-order valence-corrected chi connectivity index (χ1v) is 6.51. The van der Waals surface area contributed by atoms with Crippen molar-refractivity contribution in [3.8, 4) is 11.1 Å². The minimum absolute atomic E-state index is 0.154. The average Bonchev–Trinajstić information content (AvgIpc) is 2.46. The summed E-state index contributed by atoms with van der Waals surface area (Å²) >= 11 is 0. The lowest BCUT2D eigenvalue weighted by Crippen LogP contribution is -2.17. The minimum Gasteiger partial charge on any atom is -0.326 e. The molecule has 100 valence electrons. The first-order chi connectivity index (χ1) is 9.70. The normalized spacial score (nSPS) is 14.6. The summed E-state index contributed by atoms with van der Waals surface area (Å²) < 4.78 is 0. The van der Waals surface area contributed by atoms with Crippen LogP contribution < -0.4 is 10.6 Å². The molecule has 0 unspecified atom stereocenters. The number of benzene rings is 2. The molecule has 2 N–H and O–H groups in total. The molecule has 4 heteroatoms. The van der Waals surface area contributed by atoms with Gasteiger partial charge in [-0.05, 0) is 35.4 Å². The van der Waals surface area contributed by atoms with Crippen LogP contribution in [0.5, 0.6) is 0 Å². The van der Waals surface area contributed by atoms with Crippen molar-refractivity contribution in [1.82, 2.24) is 0 Å². The van der Waals surface area contributed by atoms with E-state index in [0.717, 1.165) is 22.5 Å². The van der Waals surface area contributed by atoms with Crippen LogP contribution in [0, 0.1) is 0 Å². The Balaban J connectivity index is 2.00. The third-order valence-corrected chi connectivity index (χ3v) is 3.25. The highest BCUT2D eigenvalue weighted by atomic mass is 16.2. The van der Waals surface area contributed by atoms with Crippen molar-refractivity contribution in [3.05, 3.63) is 48.5 Å². The van der Waals surface area contributed by atoms with Gasteiger partial charge in [0, 0.05) is 24.2 Å². The maximum Gasteiger partial charge on any atom is 0.224 e. The first kappa shape index (κ1) is 12.4. The molecule has 0 fully saturated rings. The predicted octanol–water partition coefficient (Wildman–Crippen LogP) is 3.02. The Morgan fingerprint density at radius 2 is 0.950 bits per heavy atom. The molecule has 0 atom stereocenters. The van der Waals surface area contributed by atoms with Gasteiger partial charge < -0.3 is 10.6 Å². The van der Waals surface area contributed by atoms with Gasteiger partial charge in [0.25, 0.3) is 0 Å². The van der Waals surface area contributed by atoms with E-state index in [1.54, 1.807) is 0 Å². The smallest absolute Gasteiger partial charge is 0.224 e. The molecule has 20 heavy (non-hydrogen) atoms. The molecule has 4 bridgehead atoms. The van der Waals surface area contributed by atoms with E-state index in [1.807, 2.05) is 48.5 Å². The molecule has 3 heterocycles. The largest absolute Gasteiger partial charge is 0.326 e. The predicted molar refractivity (Wildman–Crippen MR) is 78.4 cm³/mol. The van der Waals surface area contributed by atoms with E-state index in [-0.39, 0.29) is 24.7 Å². The molecule has 3 aliphatic heterocycles. The molecule has 5 rings (SSSR count). The van der Waals surface area contributed by atoms with Crippen molar-refractivity contribution in [3.63, 3.8) is 0 Å². The number of anilines is 2. The Hall–Kier alpha value is -2.62. The van der Waals surface area contributed by atoms with E-state index in [2.05, 4.69) is 10.6 Å². The molecule has 0 saturated heterocycles. The van der Waals surface area contributed by atoms with Gasteiger partial charge in [-0.2, -0.15) is 0 Å². The van der Waals surface area contributed by atoms with Gasteiger partial charge in [-0.1, -0.05) is 24.3 Å². The Morgan fingerprint density at radius 3 is 1.30 bits per heavy atom. The van der Waals surface area contributed by atoms with Gasteiger partial charge >= 0.3 is 0 Å². The van der Waals surface area contributed by atoms with Crippen molar-refractivity contribution in [2.75, 3.05) is 10.6 Å². The maximum absolute atomic E-state index is 11.7. The van der Waals surface area contributed by atoms with Gasteiger partial charge in [0.15, 0.2) is 0 Å². The van der Waals surface area contributed by atoms with Gasteiger partial charge in [-0.25, -0.2) is 0 Å². The third-order valence-electron chi connectivity index (χ3n) is 3.25. The molecule has 0 radical (unpaired) electrons. The number of carbonyl (C=O) groups is 2. The summed E-state index contributed by atoms with van der Waals surface area (Å²) in [6.07, 6.45) is 0.345. The number of amides is 2. The molecular weight excluding hydrogens is 252 g/mol. The second-order valence-electron chi connectivity index (χ2n) is 4.75. The standard InChI is InChI=1S/C16H14N2O2/c19-15-9-10-16(20)18-14-7-3-12(4-8-14)11-1-5-13(17-15)6-2-11/h1-8H,9-10H2,(H,17,19)(H,18,20). The molecule has 0 saturated carbocycles. The monoisotopic (exact) mass is 266 g/mol. The lowest BCUT2D eigenvalue weighted by molar-refractivity contribution is -0.121. The van der Waals surface area contributed by atoms with E-state index in [4.69, 9.17) is 0 Å². The zero-order valence-electron chi connectivity index (χ0n) is 10.8. The number of hydrogen-bond acceptors (Lipinski definition) is 2. The Kier molecular flexibility index (Phi) is 3.21. The summed E-state index contributed by atoms with van der Waals surface area (Å²) in [5.74, 6) is -0.308. The Morgan fingerprint density at radius 1 is 0.600 bits per heavy atom. The second-order valence-corrected chi connectivity index (χ2v) is 4.75. The number of nitrogens with one attached hydrogen (secondary N) is 2. The average molecular weight is 266 g/mol. The zero-order chi connectivity index (χ0) is 13.9. The maximum atomic E-state index is 11.7. The van der Waals surface area contributed by atoms with E-state index in [1.165, 1.54) is 0 Å². The summed E-state index contributed by atoms with van der Waals surface area (Å²) in [6.45, 7) is 0.